The Kier molecular flexibility index (Phi) is 4.98. The van der Waals surface area contributed by atoms with Crippen molar-refractivity contribution in [2.45, 2.75) is 46.1 Å². The summed E-state index contributed by atoms with van der Waals surface area (Å²) >= 11 is 0. The third-order valence-electron chi connectivity index (χ3n) is 4.60. The molecule has 0 saturated carbocycles. The number of benzene rings is 2. The van der Waals surface area contributed by atoms with E-state index in [4.69, 9.17) is 5.73 Å². The monoisotopic (exact) mass is 350 g/mol. The number of aromatic nitrogens is 2. The van der Waals surface area contributed by atoms with Crippen LogP contribution in [-0.4, -0.2) is 15.7 Å². The van der Waals surface area contributed by atoms with Gasteiger partial charge in [0, 0.05) is 16.8 Å². The number of carbonyl (C=O) groups excluding carboxylic acids is 1. The molecule has 1 heterocycles. The predicted molar refractivity (Wildman–Crippen MR) is 107 cm³/mol. The van der Waals surface area contributed by atoms with Crippen LogP contribution in [0.15, 0.2) is 42.6 Å². The molecule has 2 aromatic carbocycles. The number of hydrogen-bond acceptors (Lipinski definition) is 3. The Labute approximate surface area is 154 Å². The minimum Gasteiger partial charge on any atom is -0.399 e. The van der Waals surface area contributed by atoms with Gasteiger partial charge in [-0.3, -0.25) is 9.48 Å². The summed E-state index contributed by atoms with van der Waals surface area (Å²) in [6, 6.07) is 11.8. The average Bonchev–Trinajstić information content (AvgIpc) is 2.96. The van der Waals surface area contributed by atoms with Crippen LogP contribution in [0.1, 0.15) is 50.7 Å². The fraction of sp³-hybridized carbons (Fsp3) is 0.333. The number of amides is 1. The van der Waals surface area contributed by atoms with E-state index in [1.165, 1.54) is 0 Å². The first kappa shape index (κ1) is 18.0. The van der Waals surface area contributed by atoms with Gasteiger partial charge in [0.2, 0.25) is 5.91 Å². The van der Waals surface area contributed by atoms with Crippen molar-refractivity contribution in [2.24, 2.45) is 0 Å². The van der Waals surface area contributed by atoms with E-state index in [1.54, 1.807) is 10.9 Å². The van der Waals surface area contributed by atoms with Crippen LogP contribution >= 0.6 is 0 Å². The van der Waals surface area contributed by atoms with E-state index in [9.17, 15) is 4.79 Å². The summed E-state index contributed by atoms with van der Waals surface area (Å²) < 4.78 is 1.69. The van der Waals surface area contributed by atoms with Crippen molar-refractivity contribution < 1.29 is 4.79 Å². The van der Waals surface area contributed by atoms with Crippen LogP contribution in [-0.2, 0) is 11.3 Å². The lowest BCUT2D eigenvalue weighted by Crippen LogP contribution is -2.21. The number of para-hydroxylation sites is 1. The molecule has 3 N–H and O–H groups in total. The maximum Gasteiger partial charge on any atom is 0.246 e. The minimum atomic E-state index is -0.0903. The molecule has 1 amide bonds. The van der Waals surface area contributed by atoms with Gasteiger partial charge in [-0.2, -0.15) is 5.10 Å². The summed E-state index contributed by atoms with van der Waals surface area (Å²) in [4.78, 5) is 12.8. The highest BCUT2D eigenvalue weighted by Gasteiger charge is 2.16. The van der Waals surface area contributed by atoms with Crippen molar-refractivity contribution in [1.82, 2.24) is 9.78 Å². The molecule has 0 radical (unpaired) electrons. The molecule has 0 saturated heterocycles. The van der Waals surface area contributed by atoms with Gasteiger partial charge in [0.1, 0.15) is 6.54 Å². The Morgan fingerprint density at radius 2 is 1.77 bits per heavy atom. The van der Waals surface area contributed by atoms with Crippen LogP contribution in [0.4, 0.5) is 11.4 Å². The first-order valence-corrected chi connectivity index (χ1v) is 9.00. The highest BCUT2D eigenvalue weighted by Crippen LogP contribution is 2.32. The molecule has 0 aliphatic carbocycles. The second-order valence-corrected chi connectivity index (χ2v) is 7.29. The van der Waals surface area contributed by atoms with Gasteiger partial charge in [-0.1, -0.05) is 45.9 Å². The number of fused-ring (bicyclic) bond motifs is 1. The molecule has 0 aliphatic rings. The summed E-state index contributed by atoms with van der Waals surface area (Å²) in [7, 11) is 0. The smallest absolute Gasteiger partial charge is 0.246 e. The lowest BCUT2D eigenvalue weighted by atomic mass is 9.92. The normalized spacial score (nSPS) is 11.5. The number of rotatable bonds is 5. The zero-order valence-corrected chi connectivity index (χ0v) is 15.8. The fourth-order valence-corrected chi connectivity index (χ4v) is 3.22. The van der Waals surface area contributed by atoms with E-state index >= 15 is 0 Å². The van der Waals surface area contributed by atoms with Crippen LogP contribution < -0.4 is 11.1 Å². The number of anilines is 2. The summed E-state index contributed by atoms with van der Waals surface area (Å²) in [5.41, 5.74) is 10.6. The maximum absolute atomic E-state index is 12.8. The van der Waals surface area contributed by atoms with Crippen molar-refractivity contribution in [1.29, 1.82) is 0 Å². The van der Waals surface area contributed by atoms with Gasteiger partial charge in [0.05, 0.1) is 11.7 Å². The Hall–Kier alpha value is -2.82. The molecule has 0 aliphatic heterocycles. The number of nitrogens with two attached hydrogens (primary N) is 1. The minimum absolute atomic E-state index is 0.0903. The number of carbonyl (C=O) groups is 1. The molecule has 3 rings (SSSR count). The number of nitrogen functional groups attached to an aromatic ring is 1. The molecule has 136 valence electrons. The summed E-state index contributed by atoms with van der Waals surface area (Å²) in [5.74, 6) is 0.566. The van der Waals surface area contributed by atoms with Crippen molar-refractivity contribution >= 4 is 28.2 Å². The van der Waals surface area contributed by atoms with Crippen molar-refractivity contribution in [3.8, 4) is 0 Å². The summed E-state index contributed by atoms with van der Waals surface area (Å²) in [6.07, 6.45) is 1.75. The Morgan fingerprint density at radius 3 is 2.38 bits per heavy atom. The third-order valence-corrected chi connectivity index (χ3v) is 4.60. The molecule has 0 unspecified atom stereocenters. The van der Waals surface area contributed by atoms with Gasteiger partial charge < -0.3 is 11.1 Å². The van der Waals surface area contributed by atoms with Crippen LogP contribution in [0, 0.1) is 0 Å². The Balaban J connectivity index is 1.89. The van der Waals surface area contributed by atoms with E-state index in [0.29, 0.717) is 17.5 Å². The van der Waals surface area contributed by atoms with Crippen LogP contribution in [0.5, 0.6) is 0 Å². The maximum atomic E-state index is 12.8. The van der Waals surface area contributed by atoms with Gasteiger partial charge in [0.25, 0.3) is 0 Å². The van der Waals surface area contributed by atoms with Gasteiger partial charge >= 0.3 is 0 Å². The first-order chi connectivity index (χ1) is 12.4. The summed E-state index contributed by atoms with van der Waals surface area (Å²) in [6.45, 7) is 8.70. The largest absolute Gasteiger partial charge is 0.399 e. The zero-order valence-electron chi connectivity index (χ0n) is 15.8. The van der Waals surface area contributed by atoms with Gasteiger partial charge in [0.15, 0.2) is 0 Å². The molecule has 5 heteroatoms. The lowest BCUT2D eigenvalue weighted by Gasteiger charge is -2.20. The molecule has 0 atom stereocenters. The average molecular weight is 350 g/mol. The number of nitrogens with one attached hydrogen (secondary N) is 1. The zero-order chi connectivity index (χ0) is 18.8. The van der Waals surface area contributed by atoms with Crippen LogP contribution in [0.2, 0.25) is 0 Å². The predicted octanol–water partition coefficient (Wildman–Crippen LogP) is 4.50. The van der Waals surface area contributed by atoms with E-state index in [0.717, 1.165) is 27.7 Å². The molecule has 26 heavy (non-hydrogen) atoms. The fourth-order valence-electron chi connectivity index (χ4n) is 3.22. The molecule has 0 bridgehead atoms. The first-order valence-electron chi connectivity index (χ1n) is 9.00. The highest BCUT2D eigenvalue weighted by atomic mass is 16.2. The van der Waals surface area contributed by atoms with Gasteiger partial charge in [-0.25, -0.2) is 0 Å². The van der Waals surface area contributed by atoms with Gasteiger partial charge in [-0.05, 0) is 41.2 Å². The quantitative estimate of drug-likeness (QED) is 0.665. The van der Waals surface area contributed by atoms with Crippen LogP contribution in [0.3, 0.4) is 0 Å². The molecule has 3 aromatic rings. The Morgan fingerprint density at radius 1 is 1.12 bits per heavy atom. The number of hydrogen-bond donors (Lipinski definition) is 2. The molecular weight excluding hydrogens is 324 g/mol. The Bertz CT molecular complexity index is 914. The van der Waals surface area contributed by atoms with Gasteiger partial charge in [-0.15, -0.1) is 0 Å². The van der Waals surface area contributed by atoms with E-state index in [1.807, 2.05) is 18.2 Å². The number of nitrogens with zero attached hydrogens (tertiary/aromatic N) is 2. The van der Waals surface area contributed by atoms with Crippen molar-refractivity contribution in [3.63, 3.8) is 0 Å². The second-order valence-electron chi connectivity index (χ2n) is 7.29. The van der Waals surface area contributed by atoms with E-state index in [2.05, 4.69) is 56.3 Å². The SMILES string of the molecule is CC(C)c1cccc(C(C)C)c1NC(=O)Cn1ncc2ccc(N)cc21. The molecule has 0 spiro atoms. The topological polar surface area (TPSA) is 72.9 Å². The standard InChI is InChI=1S/C21H26N4O/c1-13(2)17-6-5-7-18(14(3)4)21(17)24-20(26)12-25-19-10-16(22)9-8-15(19)11-23-25/h5-11,13-14H,12,22H2,1-4H3,(H,24,26). The van der Waals surface area contributed by atoms with Crippen molar-refractivity contribution in [2.75, 3.05) is 11.1 Å². The van der Waals surface area contributed by atoms with E-state index < -0.39 is 0 Å². The highest BCUT2D eigenvalue weighted by molar-refractivity contribution is 5.93. The molecule has 1 aromatic heterocycles. The lowest BCUT2D eigenvalue weighted by molar-refractivity contribution is -0.116. The van der Waals surface area contributed by atoms with Crippen LogP contribution in [0.25, 0.3) is 10.9 Å². The van der Waals surface area contributed by atoms with Crippen molar-refractivity contribution in [3.05, 3.63) is 53.7 Å². The molecule has 5 nitrogen and oxygen atoms in total. The molecule has 0 fully saturated rings. The van der Waals surface area contributed by atoms with E-state index in [-0.39, 0.29) is 12.5 Å². The molecular formula is C21H26N4O. The second kappa shape index (κ2) is 7.20. The third kappa shape index (κ3) is 3.57. The summed E-state index contributed by atoms with van der Waals surface area (Å²) in [5, 5.41) is 8.43.